The first-order valence-electron chi connectivity index (χ1n) is 8.21. The van der Waals surface area contributed by atoms with Gasteiger partial charge in [-0.2, -0.15) is 0 Å². The number of benzene rings is 1. The quantitative estimate of drug-likeness (QED) is 0.403. The summed E-state index contributed by atoms with van der Waals surface area (Å²) in [7, 11) is 0. The fourth-order valence-electron chi connectivity index (χ4n) is 3.61. The molecule has 4 nitrogen and oxygen atoms in total. The van der Waals surface area contributed by atoms with E-state index in [4.69, 9.17) is 11.6 Å². The molecule has 1 unspecified atom stereocenters. The minimum absolute atomic E-state index is 0.0680. The number of nitrogens with zero attached hydrogens (tertiary/aromatic N) is 2. The second-order valence-corrected chi connectivity index (χ2v) is 8.47. The summed E-state index contributed by atoms with van der Waals surface area (Å²) in [6.07, 6.45) is 3.76. The van der Waals surface area contributed by atoms with Crippen molar-refractivity contribution in [2.45, 2.75) is 50.0 Å². The molecule has 1 aliphatic rings. The minimum Gasteiger partial charge on any atom is -0.391 e. The monoisotopic (exact) mass is 460 g/mol. The summed E-state index contributed by atoms with van der Waals surface area (Å²) >= 11 is 10.7. The van der Waals surface area contributed by atoms with E-state index in [0.29, 0.717) is 32.9 Å². The Balaban J connectivity index is 2.15. The number of rotatable bonds is 4. The zero-order valence-corrected chi connectivity index (χ0v) is 17.6. The average Bonchev–Trinajstić information content (AvgIpc) is 2.59. The summed E-state index contributed by atoms with van der Waals surface area (Å²) in [5.41, 5.74) is 1.51. The smallest absolute Gasteiger partial charge is 0.188 e. The van der Waals surface area contributed by atoms with Gasteiger partial charge in [0.25, 0.3) is 0 Å². The first-order valence-corrected chi connectivity index (χ1v) is 10.6. The largest absolute Gasteiger partial charge is 0.391 e. The number of halogens is 3. The Labute approximate surface area is 169 Å². The highest BCUT2D eigenvalue weighted by molar-refractivity contribution is 9.10. The summed E-state index contributed by atoms with van der Waals surface area (Å²) in [5, 5.41) is 21.7. The second-order valence-electron chi connectivity index (χ2n) is 6.49. The lowest BCUT2D eigenvalue weighted by Gasteiger charge is -2.36. The molecular weight excluding hydrogens is 443 g/mol. The number of thioether (sulfide) groups is 1. The number of aromatic nitrogens is 2. The maximum absolute atomic E-state index is 14.9. The van der Waals surface area contributed by atoms with Crippen molar-refractivity contribution in [3.8, 4) is 0 Å². The molecule has 0 aliphatic heterocycles. The Morgan fingerprint density at radius 3 is 2.81 bits per heavy atom. The summed E-state index contributed by atoms with van der Waals surface area (Å²) in [5.74, 6) is -0.441. The summed E-state index contributed by atoms with van der Waals surface area (Å²) in [4.78, 5) is 8.55. The summed E-state index contributed by atoms with van der Waals surface area (Å²) < 4.78 is 15.3. The van der Waals surface area contributed by atoms with Crippen molar-refractivity contribution >= 4 is 39.3 Å². The van der Waals surface area contributed by atoms with Gasteiger partial charge in [-0.25, -0.2) is 14.4 Å². The van der Waals surface area contributed by atoms with Crippen molar-refractivity contribution in [3.05, 3.63) is 49.5 Å². The number of hydrogen-bond acceptors (Lipinski definition) is 5. The van der Waals surface area contributed by atoms with Gasteiger partial charge in [0.15, 0.2) is 5.16 Å². The van der Waals surface area contributed by atoms with Crippen LogP contribution in [0.2, 0.25) is 5.15 Å². The van der Waals surface area contributed by atoms with Gasteiger partial charge in [-0.3, -0.25) is 0 Å². The molecule has 1 aliphatic carbocycles. The van der Waals surface area contributed by atoms with Crippen molar-refractivity contribution in [1.29, 1.82) is 0 Å². The van der Waals surface area contributed by atoms with E-state index in [0.717, 1.165) is 24.0 Å². The normalized spacial score (nSPS) is 19.5. The highest BCUT2D eigenvalue weighted by atomic mass is 79.9. The van der Waals surface area contributed by atoms with Crippen LogP contribution in [0.15, 0.2) is 15.7 Å². The molecule has 0 radical (unpaired) electrons. The number of hydrogen-bond donors (Lipinski definition) is 2. The minimum atomic E-state index is -1.41. The molecule has 0 bridgehead atoms. The Kier molecular flexibility index (Phi) is 5.94. The summed E-state index contributed by atoms with van der Waals surface area (Å²) in [6, 6.07) is 1.74. The molecule has 26 heavy (non-hydrogen) atoms. The van der Waals surface area contributed by atoms with Gasteiger partial charge in [0.1, 0.15) is 11.0 Å². The van der Waals surface area contributed by atoms with Gasteiger partial charge < -0.3 is 10.2 Å². The number of fused-ring (bicyclic) bond motifs is 1. The van der Waals surface area contributed by atoms with Crippen LogP contribution in [-0.2, 0) is 25.0 Å². The van der Waals surface area contributed by atoms with Crippen LogP contribution in [-0.4, -0.2) is 26.4 Å². The summed E-state index contributed by atoms with van der Waals surface area (Å²) in [6.45, 7) is 1.58. The van der Waals surface area contributed by atoms with Crippen molar-refractivity contribution in [2.24, 2.45) is 0 Å². The highest BCUT2D eigenvalue weighted by Crippen LogP contribution is 2.43. The molecule has 1 aromatic carbocycles. The topological polar surface area (TPSA) is 66.2 Å². The van der Waals surface area contributed by atoms with Gasteiger partial charge in [0, 0.05) is 17.5 Å². The molecule has 2 N–H and O–H groups in total. The van der Waals surface area contributed by atoms with Crippen molar-refractivity contribution in [2.75, 3.05) is 6.26 Å². The molecule has 0 spiro atoms. The van der Waals surface area contributed by atoms with Crippen LogP contribution < -0.4 is 0 Å². The molecule has 8 heteroatoms. The lowest BCUT2D eigenvalue weighted by molar-refractivity contribution is 0.0136. The number of aliphatic hydroxyl groups is 2. The highest BCUT2D eigenvalue weighted by Gasteiger charge is 2.40. The Morgan fingerprint density at radius 1 is 1.42 bits per heavy atom. The molecule has 2 aromatic rings. The Morgan fingerprint density at radius 2 is 2.15 bits per heavy atom. The first-order chi connectivity index (χ1) is 12.3. The van der Waals surface area contributed by atoms with E-state index in [2.05, 4.69) is 25.9 Å². The van der Waals surface area contributed by atoms with Crippen LogP contribution >= 0.6 is 39.3 Å². The molecule has 0 saturated heterocycles. The molecule has 3 rings (SSSR count). The maximum atomic E-state index is 14.9. The number of aryl methyl sites for hydroxylation is 1. The molecule has 1 atom stereocenters. The SMILES string of the molecule is CSc1nc(Cl)c(CO)c(CC2(O)CCCc3c(C)cc(Br)c(F)c32)n1. The van der Waals surface area contributed by atoms with E-state index in [1.54, 1.807) is 6.07 Å². The van der Waals surface area contributed by atoms with Crippen LogP contribution in [0.3, 0.4) is 0 Å². The van der Waals surface area contributed by atoms with Crippen molar-refractivity contribution in [1.82, 2.24) is 9.97 Å². The molecule has 0 fully saturated rings. The lowest BCUT2D eigenvalue weighted by Crippen LogP contribution is -2.35. The van der Waals surface area contributed by atoms with Gasteiger partial charge in [-0.15, -0.1) is 0 Å². The predicted molar refractivity (Wildman–Crippen MR) is 104 cm³/mol. The van der Waals surface area contributed by atoms with E-state index in [1.165, 1.54) is 11.8 Å². The van der Waals surface area contributed by atoms with Crippen LogP contribution in [0, 0.1) is 12.7 Å². The molecule has 0 amide bonds. The maximum Gasteiger partial charge on any atom is 0.188 e. The molecule has 1 aromatic heterocycles. The van der Waals surface area contributed by atoms with Crippen molar-refractivity contribution in [3.63, 3.8) is 0 Å². The third kappa shape index (κ3) is 3.52. The van der Waals surface area contributed by atoms with Gasteiger partial charge in [-0.05, 0) is 65.6 Å². The Bertz CT molecular complexity index is 868. The van der Waals surface area contributed by atoms with E-state index in [9.17, 15) is 14.6 Å². The van der Waals surface area contributed by atoms with Gasteiger partial charge in [-0.1, -0.05) is 23.4 Å². The van der Waals surface area contributed by atoms with Crippen LogP contribution in [0.1, 0.15) is 40.8 Å². The van der Waals surface area contributed by atoms with E-state index < -0.39 is 11.4 Å². The van der Waals surface area contributed by atoms with Crippen LogP contribution in [0.5, 0.6) is 0 Å². The standard InChI is InChI=1S/C18H19BrClFN2O2S/c1-9-6-12(19)15(21)14-10(9)4-3-5-18(14,25)7-13-11(8-24)16(20)23-17(22-13)26-2/h6,24-25H,3-5,7-8H2,1-2H3. The molecule has 1 heterocycles. The third-order valence-corrected chi connectivity index (χ3v) is 6.29. The van der Waals surface area contributed by atoms with Crippen LogP contribution in [0.25, 0.3) is 0 Å². The van der Waals surface area contributed by atoms with E-state index >= 15 is 0 Å². The van der Waals surface area contributed by atoms with E-state index in [-0.39, 0.29) is 18.2 Å². The van der Waals surface area contributed by atoms with Crippen LogP contribution in [0.4, 0.5) is 4.39 Å². The molecule has 140 valence electrons. The fourth-order valence-corrected chi connectivity index (χ4v) is 4.83. The van der Waals surface area contributed by atoms with Gasteiger partial charge in [0.2, 0.25) is 0 Å². The Hall–Kier alpha value is -0.730. The zero-order valence-electron chi connectivity index (χ0n) is 14.4. The van der Waals surface area contributed by atoms with Gasteiger partial charge in [0.05, 0.1) is 22.4 Å². The second kappa shape index (κ2) is 7.72. The first kappa shape index (κ1) is 20.0. The van der Waals surface area contributed by atoms with Crippen molar-refractivity contribution < 1.29 is 14.6 Å². The molecule has 0 saturated carbocycles. The number of aliphatic hydroxyl groups excluding tert-OH is 1. The lowest BCUT2D eigenvalue weighted by atomic mass is 9.74. The van der Waals surface area contributed by atoms with E-state index in [1.807, 2.05) is 13.2 Å². The third-order valence-electron chi connectivity index (χ3n) is 4.86. The average molecular weight is 462 g/mol. The van der Waals surface area contributed by atoms with Gasteiger partial charge >= 0.3 is 0 Å². The predicted octanol–water partition coefficient (Wildman–Crippen LogP) is 4.32. The molecular formula is C18H19BrClFN2O2S. The fraction of sp³-hybridized carbons (Fsp3) is 0.444. The zero-order chi connectivity index (χ0) is 19.1.